The van der Waals surface area contributed by atoms with Crippen molar-refractivity contribution in [1.82, 2.24) is 9.38 Å². The molecule has 4 rings (SSSR count). The first-order valence-electron chi connectivity index (χ1n) is 8.37. The molecule has 4 aromatic rings. The second kappa shape index (κ2) is 6.72. The van der Waals surface area contributed by atoms with Gasteiger partial charge in [0.05, 0.1) is 5.69 Å². The molecule has 0 unspecified atom stereocenters. The molecule has 0 atom stereocenters. The van der Waals surface area contributed by atoms with E-state index in [4.69, 9.17) is 0 Å². The van der Waals surface area contributed by atoms with E-state index >= 15 is 0 Å². The van der Waals surface area contributed by atoms with Crippen LogP contribution in [-0.4, -0.2) is 15.4 Å². The van der Waals surface area contributed by atoms with Crippen LogP contribution >= 0.6 is 0 Å². The van der Waals surface area contributed by atoms with Crippen molar-refractivity contribution in [3.8, 4) is 11.3 Å². The first-order chi connectivity index (χ1) is 12.7. The Balaban J connectivity index is 1.47. The average Bonchev–Trinajstić information content (AvgIpc) is 3.08. The third-order valence-corrected chi connectivity index (χ3v) is 4.20. The number of aromatic nitrogens is 2. The van der Waals surface area contributed by atoms with Gasteiger partial charge >= 0.3 is 6.03 Å². The number of hydrogen-bond acceptors (Lipinski definition) is 2. The zero-order valence-electron chi connectivity index (χ0n) is 14.3. The number of rotatable bonds is 3. The number of hydrogen-bond donors (Lipinski definition) is 2. The van der Waals surface area contributed by atoms with Crippen LogP contribution in [-0.2, 0) is 0 Å². The normalized spacial score (nSPS) is 10.7. The maximum Gasteiger partial charge on any atom is 0.323 e. The van der Waals surface area contributed by atoms with E-state index in [-0.39, 0.29) is 6.03 Å². The molecule has 0 aliphatic heterocycles. The van der Waals surface area contributed by atoms with Crippen LogP contribution in [0.25, 0.3) is 16.9 Å². The highest BCUT2D eigenvalue weighted by atomic mass is 16.2. The van der Waals surface area contributed by atoms with Crippen LogP contribution in [0.1, 0.15) is 5.56 Å². The number of anilines is 2. The van der Waals surface area contributed by atoms with Gasteiger partial charge in [-0.25, -0.2) is 9.78 Å². The Bertz CT molecular complexity index is 1030. The summed E-state index contributed by atoms with van der Waals surface area (Å²) in [5, 5.41) is 5.70. The van der Waals surface area contributed by atoms with E-state index in [1.165, 1.54) is 0 Å². The Hall–Kier alpha value is -3.60. The first kappa shape index (κ1) is 15.9. The molecule has 0 aliphatic carbocycles. The molecule has 0 saturated heterocycles. The summed E-state index contributed by atoms with van der Waals surface area (Å²) < 4.78 is 1.98. The van der Waals surface area contributed by atoms with Crippen molar-refractivity contribution in [1.29, 1.82) is 0 Å². The first-order valence-corrected chi connectivity index (χ1v) is 8.37. The maximum atomic E-state index is 12.2. The lowest BCUT2D eigenvalue weighted by Gasteiger charge is -2.10. The van der Waals surface area contributed by atoms with Gasteiger partial charge in [-0.2, -0.15) is 0 Å². The minimum Gasteiger partial charge on any atom is -0.308 e. The summed E-state index contributed by atoms with van der Waals surface area (Å²) in [5.74, 6) is 0. The van der Waals surface area contributed by atoms with E-state index in [1.807, 2.05) is 90.4 Å². The minimum atomic E-state index is -0.264. The lowest BCUT2D eigenvalue weighted by Crippen LogP contribution is -2.19. The molecule has 2 heterocycles. The number of benzene rings is 2. The van der Waals surface area contributed by atoms with E-state index < -0.39 is 0 Å². The number of amides is 2. The molecular formula is C21H18N4O. The fourth-order valence-electron chi connectivity index (χ4n) is 2.80. The summed E-state index contributed by atoms with van der Waals surface area (Å²) in [4.78, 5) is 16.8. The fourth-order valence-corrected chi connectivity index (χ4v) is 2.80. The summed E-state index contributed by atoms with van der Waals surface area (Å²) in [5.41, 5.74) is 5.34. The number of aryl methyl sites for hydroxylation is 1. The van der Waals surface area contributed by atoms with Gasteiger partial charge in [0, 0.05) is 29.3 Å². The highest BCUT2D eigenvalue weighted by molar-refractivity contribution is 6.00. The maximum absolute atomic E-state index is 12.2. The SMILES string of the molecule is Cc1ccccc1NC(=O)Nc1ccc(-c2cn3ccccc3n2)cc1. The number of fused-ring (bicyclic) bond motifs is 1. The Morgan fingerprint density at radius 1 is 0.923 bits per heavy atom. The molecule has 2 aromatic carbocycles. The predicted molar refractivity (Wildman–Crippen MR) is 104 cm³/mol. The van der Waals surface area contributed by atoms with Crippen LogP contribution < -0.4 is 10.6 Å². The number of nitrogens with one attached hydrogen (secondary N) is 2. The van der Waals surface area contributed by atoms with Crippen LogP contribution in [0.3, 0.4) is 0 Å². The molecule has 2 aromatic heterocycles. The van der Waals surface area contributed by atoms with Crippen LogP contribution in [0.2, 0.25) is 0 Å². The Labute approximate surface area is 151 Å². The smallest absolute Gasteiger partial charge is 0.308 e. The Morgan fingerprint density at radius 3 is 2.46 bits per heavy atom. The number of imidazole rings is 1. The summed E-state index contributed by atoms with van der Waals surface area (Å²) >= 11 is 0. The number of nitrogens with zero attached hydrogens (tertiary/aromatic N) is 2. The van der Waals surface area contributed by atoms with Gasteiger partial charge in [0.25, 0.3) is 0 Å². The van der Waals surface area contributed by atoms with Crippen molar-refractivity contribution in [2.75, 3.05) is 10.6 Å². The fraction of sp³-hybridized carbons (Fsp3) is 0.0476. The summed E-state index contributed by atoms with van der Waals surface area (Å²) in [6.45, 7) is 1.96. The number of carbonyl (C=O) groups is 1. The Morgan fingerprint density at radius 2 is 1.69 bits per heavy atom. The standard InChI is InChI=1S/C21H18N4O/c1-15-6-2-3-7-18(15)24-21(26)22-17-11-9-16(10-12-17)19-14-25-13-5-4-8-20(25)23-19/h2-14H,1H3,(H2,22,24,26). The van der Waals surface area contributed by atoms with Crippen LogP contribution in [0.4, 0.5) is 16.2 Å². The molecule has 0 spiro atoms. The van der Waals surface area contributed by atoms with Gasteiger partial charge in [-0.05, 0) is 42.8 Å². The van der Waals surface area contributed by atoms with Crippen LogP contribution in [0, 0.1) is 6.92 Å². The van der Waals surface area contributed by atoms with E-state index in [9.17, 15) is 4.79 Å². The zero-order valence-corrected chi connectivity index (χ0v) is 14.3. The van der Waals surface area contributed by atoms with Crippen molar-refractivity contribution in [3.05, 3.63) is 84.7 Å². The molecule has 0 aliphatic rings. The molecule has 5 heteroatoms. The molecule has 0 bridgehead atoms. The largest absolute Gasteiger partial charge is 0.323 e. The predicted octanol–water partition coefficient (Wildman–Crippen LogP) is 4.95. The van der Waals surface area contributed by atoms with Crippen LogP contribution in [0.15, 0.2) is 79.1 Å². The minimum absolute atomic E-state index is 0.264. The molecule has 2 amide bonds. The molecule has 0 saturated carbocycles. The number of carbonyl (C=O) groups excluding carboxylic acids is 1. The van der Waals surface area contributed by atoms with Crippen molar-refractivity contribution in [2.45, 2.75) is 6.92 Å². The van der Waals surface area contributed by atoms with Gasteiger partial charge in [-0.3, -0.25) is 0 Å². The molecule has 0 radical (unpaired) electrons. The van der Waals surface area contributed by atoms with E-state index in [1.54, 1.807) is 0 Å². The van der Waals surface area contributed by atoms with E-state index in [0.29, 0.717) is 0 Å². The van der Waals surface area contributed by atoms with Gasteiger partial charge < -0.3 is 15.0 Å². The van der Waals surface area contributed by atoms with E-state index in [0.717, 1.165) is 33.8 Å². The van der Waals surface area contributed by atoms with Crippen LogP contribution in [0.5, 0.6) is 0 Å². The van der Waals surface area contributed by atoms with E-state index in [2.05, 4.69) is 15.6 Å². The summed E-state index contributed by atoms with van der Waals surface area (Å²) in [6.07, 6.45) is 3.96. The second-order valence-electron chi connectivity index (χ2n) is 6.06. The lowest BCUT2D eigenvalue weighted by atomic mass is 10.1. The Kier molecular flexibility index (Phi) is 4.11. The number of urea groups is 1. The molecule has 128 valence electrons. The van der Waals surface area contributed by atoms with Crippen molar-refractivity contribution in [2.24, 2.45) is 0 Å². The zero-order chi connectivity index (χ0) is 17.9. The summed E-state index contributed by atoms with van der Waals surface area (Å²) in [7, 11) is 0. The van der Waals surface area contributed by atoms with Crippen molar-refractivity contribution < 1.29 is 4.79 Å². The number of pyridine rings is 1. The average molecular weight is 342 g/mol. The lowest BCUT2D eigenvalue weighted by molar-refractivity contribution is 0.262. The molecular weight excluding hydrogens is 324 g/mol. The van der Waals surface area contributed by atoms with Gasteiger partial charge in [-0.15, -0.1) is 0 Å². The molecule has 5 nitrogen and oxygen atoms in total. The van der Waals surface area contributed by atoms with Gasteiger partial charge in [0.15, 0.2) is 0 Å². The molecule has 2 N–H and O–H groups in total. The highest BCUT2D eigenvalue weighted by Crippen LogP contribution is 2.21. The van der Waals surface area contributed by atoms with Crippen molar-refractivity contribution >= 4 is 23.1 Å². The molecule has 0 fully saturated rings. The van der Waals surface area contributed by atoms with Gasteiger partial charge in [-0.1, -0.05) is 36.4 Å². The molecule has 26 heavy (non-hydrogen) atoms. The third kappa shape index (κ3) is 3.28. The highest BCUT2D eigenvalue weighted by Gasteiger charge is 2.07. The topological polar surface area (TPSA) is 58.4 Å². The number of para-hydroxylation sites is 1. The quantitative estimate of drug-likeness (QED) is 0.553. The second-order valence-corrected chi connectivity index (χ2v) is 6.06. The van der Waals surface area contributed by atoms with Crippen molar-refractivity contribution in [3.63, 3.8) is 0 Å². The van der Waals surface area contributed by atoms with Gasteiger partial charge in [0.1, 0.15) is 5.65 Å². The van der Waals surface area contributed by atoms with Gasteiger partial charge in [0.2, 0.25) is 0 Å². The third-order valence-electron chi connectivity index (χ3n) is 4.20. The monoisotopic (exact) mass is 342 g/mol. The summed E-state index contributed by atoms with van der Waals surface area (Å²) in [6, 6.07) is 21.0.